The molecular formula is C13H28N2S. The van der Waals surface area contributed by atoms with E-state index < -0.39 is 0 Å². The van der Waals surface area contributed by atoms with Crippen molar-refractivity contribution in [1.82, 2.24) is 10.2 Å². The Labute approximate surface area is 106 Å². The van der Waals surface area contributed by atoms with Crippen molar-refractivity contribution in [2.45, 2.75) is 44.9 Å². The fraction of sp³-hybridized carbons (Fsp3) is 1.00. The van der Waals surface area contributed by atoms with Crippen LogP contribution in [0.2, 0.25) is 0 Å². The fourth-order valence-electron chi connectivity index (χ4n) is 2.39. The van der Waals surface area contributed by atoms with Crippen LogP contribution in [-0.2, 0) is 0 Å². The molecule has 1 heterocycles. The smallest absolute Gasteiger partial charge is 0.0141 e. The summed E-state index contributed by atoms with van der Waals surface area (Å²) in [5, 5.41) is 4.43. The molecule has 0 aromatic carbocycles. The fourth-order valence-corrected chi connectivity index (χ4v) is 2.65. The molecule has 0 bridgehead atoms. The molecule has 1 aliphatic heterocycles. The molecule has 1 N–H and O–H groups in total. The molecule has 96 valence electrons. The lowest BCUT2D eigenvalue weighted by atomic mass is 9.91. The van der Waals surface area contributed by atoms with Crippen LogP contribution in [0.1, 0.15) is 33.6 Å². The highest BCUT2D eigenvalue weighted by atomic mass is 32.2. The minimum atomic E-state index is 0.670. The van der Waals surface area contributed by atoms with Gasteiger partial charge in [-0.05, 0) is 45.0 Å². The van der Waals surface area contributed by atoms with E-state index in [0.29, 0.717) is 6.04 Å². The first-order valence-corrected chi connectivity index (χ1v) is 7.94. The second-order valence-electron chi connectivity index (χ2n) is 5.04. The lowest BCUT2D eigenvalue weighted by Gasteiger charge is -2.35. The average Bonchev–Trinajstić information content (AvgIpc) is 2.35. The molecule has 1 aliphatic rings. The molecule has 1 rings (SSSR count). The molecule has 1 saturated heterocycles. The zero-order valence-corrected chi connectivity index (χ0v) is 12.1. The summed E-state index contributed by atoms with van der Waals surface area (Å²) in [4.78, 5) is 2.59. The molecule has 3 atom stereocenters. The van der Waals surface area contributed by atoms with Crippen molar-refractivity contribution in [3.63, 3.8) is 0 Å². The molecule has 0 saturated carbocycles. The lowest BCUT2D eigenvalue weighted by molar-refractivity contribution is 0.157. The van der Waals surface area contributed by atoms with Gasteiger partial charge in [-0.3, -0.25) is 0 Å². The quantitative estimate of drug-likeness (QED) is 0.772. The van der Waals surface area contributed by atoms with Gasteiger partial charge in [-0.15, -0.1) is 0 Å². The van der Waals surface area contributed by atoms with Gasteiger partial charge in [0, 0.05) is 24.4 Å². The maximum absolute atomic E-state index is 3.70. The largest absolute Gasteiger partial charge is 0.313 e. The van der Waals surface area contributed by atoms with E-state index in [4.69, 9.17) is 0 Å². The highest BCUT2D eigenvalue weighted by molar-refractivity contribution is 7.99. The van der Waals surface area contributed by atoms with Gasteiger partial charge in [0.25, 0.3) is 0 Å². The van der Waals surface area contributed by atoms with Crippen molar-refractivity contribution in [1.29, 1.82) is 0 Å². The summed E-state index contributed by atoms with van der Waals surface area (Å²) in [5.41, 5.74) is 0. The molecule has 16 heavy (non-hydrogen) atoms. The van der Waals surface area contributed by atoms with Gasteiger partial charge >= 0.3 is 0 Å². The summed E-state index contributed by atoms with van der Waals surface area (Å²) < 4.78 is 0. The van der Waals surface area contributed by atoms with E-state index in [-0.39, 0.29) is 0 Å². The Morgan fingerprint density at radius 2 is 2.19 bits per heavy atom. The molecule has 1 fully saturated rings. The molecule has 3 heteroatoms. The number of piperidine rings is 1. The molecule has 0 aromatic heterocycles. The lowest BCUT2D eigenvalue weighted by Crippen LogP contribution is -2.45. The molecule has 0 amide bonds. The van der Waals surface area contributed by atoms with E-state index in [1.165, 1.54) is 32.5 Å². The molecule has 0 aromatic rings. The Kier molecular flexibility index (Phi) is 6.78. The Morgan fingerprint density at radius 1 is 1.44 bits per heavy atom. The van der Waals surface area contributed by atoms with Gasteiger partial charge in [0.2, 0.25) is 0 Å². The summed E-state index contributed by atoms with van der Waals surface area (Å²) in [6.45, 7) is 11.9. The van der Waals surface area contributed by atoms with Crippen molar-refractivity contribution >= 4 is 11.8 Å². The van der Waals surface area contributed by atoms with Crippen molar-refractivity contribution < 1.29 is 0 Å². The SMILES string of the molecule is CCN1CCCC(C(C)NCC(C)SC)C1. The van der Waals surface area contributed by atoms with E-state index in [2.05, 4.69) is 37.2 Å². The number of hydrogen-bond acceptors (Lipinski definition) is 3. The van der Waals surface area contributed by atoms with E-state index in [9.17, 15) is 0 Å². The minimum absolute atomic E-state index is 0.670. The normalized spacial score (nSPS) is 26.6. The van der Waals surface area contributed by atoms with Crippen molar-refractivity contribution in [3.8, 4) is 0 Å². The Balaban J connectivity index is 2.27. The Hall–Kier alpha value is 0.270. The van der Waals surface area contributed by atoms with Gasteiger partial charge in [-0.2, -0.15) is 11.8 Å². The molecule has 3 unspecified atom stereocenters. The first kappa shape index (κ1) is 14.3. The standard InChI is InChI=1S/C13H28N2S/c1-5-15-8-6-7-13(10-15)12(3)14-9-11(2)16-4/h11-14H,5-10H2,1-4H3. The molecule has 0 radical (unpaired) electrons. The zero-order chi connectivity index (χ0) is 12.0. The third-order valence-electron chi connectivity index (χ3n) is 3.83. The van der Waals surface area contributed by atoms with Crippen LogP contribution in [0.4, 0.5) is 0 Å². The maximum Gasteiger partial charge on any atom is 0.0141 e. The Bertz CT molecular complexity index is 187. The van der Waals surface area contributed by atoms with Gasteiger partial charge in [-0.1, -0.05) is 13.8 Å². The number of thioether (sulfide) groups is 1. The predicted molar refractivity (Wildman–Crippen MR) is 75.3 cm³/mol. The summed E-state index contributed by atoms with van der Waals surface area (Å²) in [6, 6.07) is 0.670. The van der Waals surface area contributed by atoms with Gasteiger partial charge in [0.1, 0.15) is 0 Å². The highest BCUT2D eigenvalue weighted by Gasteiger charge is 2.23. The second kappa shape index (κ2) is 7.57. The number of nitrogens with zero attached hydrogens (tertiary/aromatic N) is 1. The van der Waals surface area contributed by atoms with E-state index in [0.717, 1.165) is 17.7 Å². The van der Waals surface area contributed by atoms with E-state index in [1.54, 1.807) is 0 Å². The van der Waals surface area contributed by atoms with Crippen molar-refractivity contribution in [2.24, 2.45) is 5.92 Å². The maximum atomic E-state index is 3.70. The monoisotopic (exact) mass is 244 g/mol. The third kappa shape index (κ3) is 4.64. The predicted octanol–water partition coefficient (Wildman–Crippen LogP) is 2.45. The first-order valence-electron chi connectivity index (χ1n) is 6.65. The molecule has 0 spiro atoms. The van der Waals surface area contributed by atoms with Crippen molar-refractivity contribution in [3.05, 3.63) is 0 Å². The number of likely N-dealkylation sites (tertiary alicyclic amines) is 1. The van der Waals surface area contributed by atoms with Crippen LogP contribution in [0, 0.1) is 5.92 Å². The third-order valence-corrected chi connectivity index (χ3v) is 4.80. The summed E-state index contributed by atoms with van der Waals surface area (Å²) >= 11 is 1.95. The zero-order valence-electron chi connectivity index (χ0n) is 11.3. The summed E-state index contributed by atoms with van der Waals surface area (Å²) in [7, 11) is 0. The van der Waals surface area contributed by atoms with Crippen LogP contribution in [-0.4, -0.2) is 48.6 Å². The summed E-state index contributed by atoms with van der Waals surface area (Å²) in [6.07, 6.45) is 4.97. The van der Waals surface area contributed by atoms with Crippen LogP contribution in [0.15, 0.2) is 0 Å². The van der Waals surface area contributed by atoms with Crippen LogP contribution < -0.4 is 5.32 Å². The van der Waals surface area contributed by atoms with Gasteiger partial charge in [0.05, 0.1) is 0 Å². The van der Waals surface area contributed by atoms with E-state index in [1.807, 2.05) is 11.8 Å². The van der Waals surface area contributed by atoms with Gasteiger partial charge in [-0.25, -0.2) is 0 Å². The number of rotatable bonds is 6. The Morgan fingerprint density at radius 3 is 2.81 bits per heavy atom. The second-order valence-corrected chi connectivity index (χ2v) is 6.31. The summed E-state index contributed by atoms with van der Waals surface area (Å²) in [5.74, 6) is 0.850. The van der Waals surface area contributed by atoms with Crippen LogP contribution in [0.5, 0.6) is 0 Å². The van der Waals surface area contributed by atoms with Crippen LogP contribution >= 0.6 is 11.8 Å². The topological polar surface area (TPSA) is 15.3 Å². The number of hydrogen-bond donors (Lipinski definition) is 1. The first-order chi connectivity index (χ1) is 7.67. The van der Waals surface area contributed by atoms with Crippen molar-refractivity contribution in [2.75, 3.05) is 32.4 Å². The van der Waals surface area contributed by atoms with Gasteiger partial charge in [0.15, 0.2) is 0 Å². The minimum Gasteiger partial charge on any atom is -0.313 e. The van der Waals surface area contributed by atoms with Gasteiger partial charge < -0.3 is 10.2 Å². The van der Waals surface area contributed by atoms with Crippen LogP contribution in [0.25, 0.3) is 0 Å². The average molecular weight is 244 g/mol. The number of nitrogens with one attached hydrogen (secondary N) is 1. The van der Waals surface area contributed by atoms with Crippen LogP contribution in [0.3, 0.4) is 0 Å². The molecule has 2 nitrogen and oxygen atoms in total. The van der Waals surface area contributed by atoms with E-state index >= 15 is 0 Å². The highest BCUT2D eigenvalue weighted by Crippen LogP contribution is 2.19. The molecular weight excluding hydrogens is 216 g/mol. The molecule has 0 aliphatic carbocycles.